The van der Waals surface area contributed by atoms with Crippen LogP contribution in [0.1, 0.15) is 23.5 Å². The normalized spacial score (nSPS) is 10.9. The number of rotatable bonds is 5. The summed E-state index contributed by atoms with van der Waals surface area (Å²) < 4.78 is 36.6. The molecular formula is C9H13ClF3N3OS. The van der Waals surface area contributed by atoms with Crippen molar-refractivity contribution in [3.8, 4) is 0 Å². The molecule has 0 spiro atoms. The smallest absolute Gasteiger partial charge is 0.350 e. The van der Waals surface area contributed by atoms with Gasteiger partial charge in [-0.25, -0.2) is 4.98 Å². The Morgan fingerprint density at radius 2 is 2.17 bits per heavy atom. The molecule has 0 saturated heterocycles. The number of carbonyl (C=O) groups is 1. The monoisotopic (exact) mass is 303 g/mol. The van der Waals surface area contributed by atoms with E-state index in [0.717, 1.165) is 16.7 Å². The summed E-state index contributed by atoms with van der Waals surface area (Å²) in [6.07, 6.45) is -3.61. The van der Waals surface area contributed by atoms with E-state index in [1.807, 2.05) is 0 Å². The molecule has 4 nitrogen and oxygen atoms in total. The molecular weight excluding hydrogens is 291 g/mol. The van der Waals surface area contributed by atoms with Crippen molar-refractivity contribution in [2.45, 2.75) is 25.6 Å². The third-order valence-corrected chi connectivity index (χ3v) is 2.74. The van der Waals surface area contributed by atoms with Crippen molar-refractivity contribution in [1.29, 1.82) is 0 Å². The van der Waals surface area contributed by atoms with Crippen molar-refractivity contribution in [3.05, 3.63) is 16.1 Å². The Morgan fingerprint density at radius 3 is 2.67 bits per heavy atom. The minimum Gasteiger partial charge on any atom is -0.350 e. The van der Waals surface area contributed by atoms with Crippen LogP contribution in [-0.4, -0.2) is 17.4 Å². The molecule has 0 aliphatic carbocycles. The molecule has 0 atom stereocenters. The number of alkyl halides is 3. The van der Waals surface area contributed by atoms with Gasteiger partial charge in [0.15, 0.2) is 5.69 Å². The van der Waals surface area contributed by atoms with Crippen LogP contribution in [0.25, 0.3) is 0 Å². The van der Waals surface area contributed by atoms with Gasteiger partial charge in [-0.2, -0.15) is 13.2 Å². The van der Waals surface area contributed by atoms with Crippen molar-refractivity contribution in [3.63, 3.8) is 0 Å². The Labute approximate surface area is 112 Å². The summed E-state index contributed by atoms with van der Waals surface area (Å²) in [5, 5.41) is 3.65. The lowest BCUT2D eigenvalue weighted by Gasteiger charge is -2.02. The zero-order valence-electron chi connectivity index (χ0n) is 9.29. The summed E-state index contributed by atoms with van der Waals surface area (Å²) in [5.74, 6) is -0.237. The molecule has 0 radical (unpaired) electrons. The Bertz CT molecular complexity index is 383. The van der Waals surface area contributed by atoms with Gasteiger partial charge in [0.05, 0.1) is 6.54 Å². The van der Waals surface area contributed by atoms with Crippen LogP contribution in [0.3, 0.4) is 0 Å². The molecule has 0 saturated carbocycles. The molecule has 104 valence electrons. The first kappa shape index (κ1) is 17.1. The maximum absolute atomic E-state index is 12.2. The summed E-state index contributed by atoms with van der Waals surface area (Å²) in [4.78, 5) is 14.6. The quantitative estimate of drug-likeness (QED) is 0.873. The Kier molecular flexibility index (Phi) is 7.19. The average Bonchev–Trinajstić information content (AvgIpc) is 2.71. The van der Waals surface area contributed by atoms with Crippen LogP contribution in [0, 0.1) is 0 Å². The van der Waals surface area contributed by atoms with E-state index < -0.39 is 11.9 Å². The van der Waals surface area contributed by atoms with E-state index in [0.29, 0.717) is 13.0 Å². The largest absolute Gasteiger partial charge is 0.434 e. The number of thiazole rings is 1. The molecule has 1 aromatic rings. The molecule has 1 amide bonds. The zero-order valence-corrected chi connectivity index (χ0v) is 10.9. The summed E-state index contributed by atoms with van der Waals surface area (Å²) in [5.41, 5.74) is 4.30. The van der Waals surface area contributed by atoms with E-state index in [4.69, 9.17) is 5.73 Å². The van der Waals surface area contributed by atoms with Crippen LogP contribution < -0.4 is 11.1 Å². The van der Waals surface area contributed by atoms with E-state index in [2.05, 4.69) is 10.3 Å². The van der Waals surface area contributed by atoms with Crippen LogP contribution in [0.2, 0.25) is 0 Å². The maximum Gasteiger partial charge on any atom is 0.434 e. The Morgan fingerprint density at radius 1 is 1.50 bits per heavy atom. The fraction of sp³-hybridized carbons (Fsp3) is 0.556. The fourth-order valence-corrected chi connectivity index (χ4v) is 1.79. The lowest BCUT2D eigenvalue weighted by atomic mass is 10.3. The zero-order chi connectivity index (χ0) is 12.9. The summed E-state index contributed by atoms with van der Waals surface area (Å²) >= 11 is 0.872. The van der Waals surface area contributed by atoms with Crippen molar-refractivity contribution in [1.82, 2.24) is 10.3 Å². The molecule has 1 rings (SSSR count). The lowest BCUT2D eigenvalue weighted by Crippen LogP contribution is -2.23. The second kappa shape index (κ2) is 7.55. The van der Waals surface area contributed by atoms with Gasteiger partial charge in [0.1, 0.15) is 5.01 Å². The van der Waals surface area contributed by atoms with Gasteiger partial charge < -0.3 is 11.1 Å². The topological polar surface area (TPSA) is 68.0 Å². The lowest BCUT2D eigenvalue weighted by molar-refractivity contribution is -0.140. The van der Waals surface area contributed by atoms with Crippen molar-refractivity contribution < 1.29 is 18.0 Å². The molecule has 0 aliphatic rings. The number of hydrogen-bond donors (Lipinski definition) is 2. The van der Waals surface area contributed by atoms with E-state index in [1.54, 1.807) is 0 Å². The van der Waals surface area contributed by atoms with Gasteiger partial charge in [-0.05, 0) is 13.0 Å². The Balaban J connectivity index is 0.00000289. The number of aromatic nitrogens is 1. The van der Waals surface area contributed by atoms with Gasteiger partial charge in [-0.15, -0.1) is 23.7 Å². The third kappa shape index (κ3) is 5.65. The SMILES string of the molecule is Cl.NCCCC(=O)NCc1nc(C(F)(F)F)cs1. The molecule has 0 fully saturated rings. The third-order valence-electron chi connectivity index (χ3n) is 1.89. The van der Waals surface area contributed by atoms with E-state index >= 15 is 0 Å². The summed E-state index contributed by atoms with van der Waals surface area (Å²) in [7, 11) is 0. The molecule has 0 unspecified atom stereocenters. The van der Waals surface area contributed by atoms with E-state index in [-0.39, 0.29) is 36.3 Å². The first-order valence-electron chi connectivity index (χ1n) is 4.92. The highest BCUT2D eigenvalue weighted by Gasteiger charge is 2.33. The predicted molar refractivity (Wildman–Crippen MR) is 64.5 cm³/mol. The van der Waals surface area contributed by atoms with E-state index in [9.17, 15) is 18.0 Å². The highest BCUT2D eigenvalue weighted by atomic mass is 35.5. The van der Waals surface area contributed by atoms with E-state index in [1.165, 1.54) is 0 Å². The first-order valence-corrected chi connectivity index (χ1v) is 5.80. The molecule has 1 aromatic heterocycles. The van der Waals surface area contributed by atoms with Gasteiger partial charge in [-0.1, -0.05) is 0 Å². The van der Waals surface area contributed by atoms with Crippen molar-refractivity contribution in [2.75, 3.05) is 6.54 Å². The molecule has 0 aromatic carbocycles. The van der Waals surface area contributed by atoms with Gasteiger partial charge in [0.2, 0.25) is 5.91 Å². The summed E-state index contributed by atoms with van der Waals surface area (Å²) in [6.45, 7) is 0.424. The predicted octanol–water partition coefficient (Wildman–Crippen LogP) is 1.94. The summed E-state index contributed by atoms with van der Waals surface area (Å²) in [6, 6.07) is 0. The van der Waals surface area contributed by atoms with Gasteiger partial charge in [0.25, 0.3) is 0 Å². The highest BCUT2D eigenvalue weighted by molar-refractivity contribution is 7.09. The van der Waals surface area contributed by atoms with Crippen LogP contribution >= 0.6 is 23.7 Å². The van der Waals surface area contributed by atoms with Crippen molar-refractivity contribution in [2.24, 2.45) is 5.73 Å². The van der Waals surface area contributed by atoms with Gasteiger partial charge >= 0.3 is 6.18 Å². The molecule has 0 bridgehead atoms. The molecule has 3 N–H and O–H groups in total. The van der Waals surface area contributed by atoms with Gasteiger partial charge in [0, 0.05) is 11.8 Å². The molecule has 9 heteroatoms. The van der Waals surface area contributed by atoms with Crippen LogP contribution in [0.4, 0.5) is 13.2 Å². The Hall–Kier alpha value is -0.860. The van der Waals surface area contributed by atoms with Crippen LogP contribution in [0.5, 0.6) is 0 Å². The number of halogens is 4. The standard InChI is InChI=1S/C9H12F3N3OS.ClH/c10-9(11,12)6-5-17-8(15-6)4-14-7(16)2-1-3-13;/h5H,1-4,13H2,(H,14,16);1H. The second-order valence-corrected chi connectivity index (χ2v) is 4.24. The highest BCUT2D eigenvalue weighted by Crippen LogP contribution is 2.29. The number of nitrogens with zero attached hydrogens (tertiary/aromatic N) is 1. The second-order valence-electron chi connectivity index (χ2n) is 3.29. The first-order chi connectivity index (χ1) is 7.93. The fourth-order valence-electron chi connectivity index (χ4n) is 1.05. The number of carbonyl (C=O) groups excluding carboxylic acids is 1. The number of hydrogen-bond acceptors (Lipinski definition) is 4. The maximum atomic E-state index is 12.2. The number of nitrogens with one attached hydrogen (secondary N) is 1. The van der Waals surface area contributed by atoms with Crippen LogP contribution in [-0.2, 0) is 17.5 Å². The molecule has 1 heterocycles. The average molecular weight is 304 g/mol. The van der Waals surface area contributed by atoms with Gasteiger partial charge in [-0.3, -0.25) is 4.79 Å². The number of nitrogens with two attached hydrogens (primary N) is 1. The van der Waals surface area contributed by atoms with Crippen LogP contribution in [0.15, 0.2) is 5.38 Å². The minimum atomic E-state index is -4.43. The minimum absolute atomic E-state index is 0. The number of amides is 1. The molecule has 0 aliphatic heterocycles. The van der Waals surface area contributed by atoms with Crippen molar-refractivity contribution >= 4 is 29.7 Å². The molecule has 18 heavy (non-hydrogen) atoms.